The van der Waals surface area contributed by atoms with Crippen LogP contribution in [0.1, 0.15) is 64.7 Å². The minimum Gasteiger partial charge on any atom is -0.481 e. The van der Waals surface area contributed by atoms with E-state index in [1.165, 1.54) is 19.3 Å². The van der Waals surface area contributed by atoms with Gasteiger partial charge in [0.1, 0.15) is 0 Å². The Hall–Kier alpha value is -1.35. The molecule has 1 atom stereocenters. The van der Waals surface area contributed by atoms with Crippen LogP contribution in [0.2, 0.25) is 0 Å². The number of carboxylic acids is 1. The van der Waals surface area contributed by atoms with Crippen molar-refractivity contribution in [3.8, 4) is 0 Å². The third kappa shape index (κ3) is 16.6. The van der Waals surface area contributed by atoms with Crippen molar-refractivity contribution in [3.05, 3.63) is 36.5 Å². The summed E-state index contributed by atoms with van der Waals surface area (Å²) in [6.45, 7) is 2.21. The molecule has 0 aromatic rings. The Balaban J connectivity index is 3.55. The average molecular weight is 294 g/mol. The van der Waals surface area contributed by atoms with Gasteiger partial charge in [-0.3, -0.25) is 4.79 Å². The number of aliphatic carboxylic acids is 1. The molecule has 3 heteroatoms. The zero-order chi connectivity index (χ0) is 15.8. The van der Waals surface area contributed by atoms with Crippen molar-refractivity contribution in [3.63, 3.8) is 0 Å². The predicted molar refractivity (Wildman–Crippen MR) is 88.3 cm³/mol. The van der Waals surface area contributed by atoms with Crippen molar-refractivity contribution in [2.24, 2.45) is 0 Å². The number of rotatable bonds is 13. The molecular weight excluding hydrogens is 264 g/mol. The van der Waals surface area contributed by atoms with Gasteiger partial charge >= 0.3 is 5.97 Å². The monoisotopic (exact) mass is 294 g/mol. The number of aliphatic hydroxyl groups is 1. The van der Waals surface area contributed by atoms with Gasteiger partial charge in [-0.1, -0.05) is 56.2 Å². The van der Waals surface area contributed by atoms with Crippen LogP contribution in [0.4, 0.5) is 0 Å². The Morgan fingerprint density at radius 2 is 1.86 bits per heavy atom. The number of hydrogen-bond donors (Lipinski definition) is 2. The summed E-state index contributed by atoms with van der Waals surface area (Å²) in [6, 6.07) is 0. The Labute approximate surface area is 129 Å². The first-order chi connectivity index (χ1) is 10.2. The van der Waals surface area contributed by atoms with Crippen LogP contribution in [-0.4, -0.2) is 22.3 Å². The number of aliphatic hydroxyl groups excluding tert-OH is 1. The van der Waals surface area contributed by atoms with Gasteiger partial charge in [0.25, 0.3) is 0 Å². The minimum atomic E-state index is -0.772. The quantitative estimate of drug-likeness (QED) is 0.296. The fourth-order valence-corrected chi connectivity index (χ4v) is 1.88. The third-order valence-electron chi connectivity index (χ3n) is 3.13. The average Bonchev–Trinajstić information content (AvgIpc) is 2.45. The van der Waals surface area contributed by atoms with Crippen LogP contribution in [0.3, 0.4) is 0 Å². The van der Waals surface area contributed by atoms with Gasteiger partial charge in [0.15, 0.2) is 0 Å². The fourth-order valence-electron chi connectivity index (χ4n) is 1.88. The normalized spacial score (nSPS) is 13.6. The summed E-state index contributed by atoms with van der Waals surface area (Å²) in [5.74, 6) is -0.772. The summed E-state index contributed by atoms with van der Waals surface area (Å²) in [6.07, 6.45) is 19.6. The van der Waals surface area contributed by atoms with E-state index >= 15 is 0 Å². The van der Waals surface area contributed by atoms with E-state index in [2.05, 4.69) is 25.2 Å². The molecule has 2 N–H and O–H groups in total. The van der Waals surface area contributed by atoms with Crippen molar-refractivity contribution >= 4 is 5.97 Å². The van der Waals surface area contributed by atoms with Crippen LogP contribution < -0.4 is 0 Å². The van der Waals surface area contributed by atoms with Crippen molar-refractivity contribution < 1.29 is 15.0 Å². The lowest BCUT2D eigenvalue weighted by molar-refractivity contribution is -0.137. The number of allylic oxidation sites excluding steroid dienone is 5. The second-order valence-corrected chi connectivity index (χ2v) is 5.22. The molecule has 0 saturated heterocycles. The zero-order valence-corrected chi connectivity index (χ0v) is 13.2. The van der Waals surface area contributed by atoms with Gasteiger partial charge in [0.05, 0.1) is 6.10 Å². The van der Waals surface area contributed by atoms with Crippen LogP contribution in [0.15, 0.2) is 36.5 Å². The molecule has 0 aromatic heterocycles. The van der Waals surface area contributed by atoms with Crippen molar-refractivity contribution in [2.75, 3.05) is 0 Å². The summed E-state index contributed by atoms with van der Waals surface area (Å²) in [4.78, 5) is 10.3. The SMILES string of the molecule is CCCCCC=CCC=CC=CC(O)CCCCC(=O)O. The van der Waals surface area contributed by atoms with Gasteiger partial charge in [0.2, 0.25) is 0 Å². The Morgan fingerprint density at radius 1 is 1.05 bits per heavy atom. The van der Waals surface area contributed by atoms with Gasteiger partial charge in [-0.15, -0.1) is 0 Å². The van der Waals surface area contributed by atoms with Crippen molar-refractivity contribution in [1.29, 1.82) is 0 Å². The van der Waals surface area contributed by atoms with E-state index in [9.17, 15) is 9.90 Å². The van der Waals surface area contributed by atoms with Crippen LogP contribution in [0, 0.1) is 0 Å². The molecule has 0 spiro atoms. The molecule has 0 aliphatic rings. The summed E-state index contributed by atoms with van der Waals surface area (Å²) in [5, 5.41) is 18.1. The van der Waals surface area contributed by atoms with Gasteiger partial charge < -0.3 is 10.2 Å². The van der Waals surface area contributed by atoms with Gasteiger partial charge in [-0.05, 0) is 38.5 Å². The summed E-state index contributed by atoms with van der Waals surface area (Å²) >= 11 is 0. The van der Waals surface area contributed by atoms with Crippen LogP contribution >= 0.6 is 0 Å². The number of carbonyl (C=O) groups is 1. The van der Waals surface area contributed by atoms with Gasteiger partial charge in [0, 0.05) is 6.42 Å². The second-order valence-electron chi connectivity index (χ2n) is 5.22. The van der Waals surface area contributed by atoms with E-state index in [0.717, 1.165) is 19.3 Å². The van der Waals surface area contributed by atoms with Crippen molar-refractivity contribution in [2.45, 2.75) is 70.8 Å². The standard InChI is InChI=1S/C18H30O3/c1-2-3-4-5-6-7-8-9-10-11-14-17(19)15-12-13-16-18(20)21/h6-7,9-11,14,17,19H,2-5,8,12-13,15-16H2,1H3,(H,20,21). The zero-order valence-electron chi connectivity index (χ0n) is 13.2. The third-order valence-corrected chi connectivity index (χ3v) is 3.13. The number of hydrogen-bond acceptors (Lipinski definition) is 2. The summed E-state index contributed by atoms with van der Waals surface area (Å²) in [5.41, 5.74) is 0. The van der Waals surface area contributed by atoms with Crippen molar-refractivity contribution in [1.82, 2.24) is 0 Å². The molecular formula is C18H30O3. The summed E-state index contributed by atoms with van der Waals surface area (Å²) in [7, 11) is 0. The van der Waals surface area contributed by atoms with Crippen LogP contribution in [0.5, 0.6) is 0 Å². The van der Waals surface area contributed by atoms with E-state index in [1.54, 1.807) is 6.08 Å². The van der Waals surface area contributed by atoms with Gasteiger partial charge in [-0.2, -0.15) is 0 Å². The molecule has 0 saturated carbocycles. The smallest absolute Gasteiger partial charge is 0.303 e. The molecule has 0 amide bonds. The maximum absolute atomic E-state index is 10.3. The maximum atomic E-state index is 10.3. The fraction of sp³-hybridized carbons (Fsp3) is 0.611. The molecule has 21 heavy (non-hydrogen) atoms. The van der Waals surface area contributed by atoms with E-state index in [0.29, 0.717) is 12.8 Å². The van der Waals surface area contributed by atoms with E-state index in [1.807, 2.05) is 12.2 Å². The molecule has 3 nitrogen and oxygen atoms in total. The molecule has 0 aliphatic carbocycles. The molecule has 120 valence electrons. The Bertz CT molecular complexity index is 329. The number of unbranched alkanes of at least 4 members (excludes halogenated alkanes) is 4. The molecule has 1 unspecified atom stereocenters. The first kappa shape index (κ1) is 19.7. The lowest BCUT2D eigenvalue weighted by Gasteiger charge is -2.03. The first-order valence-electron chi connectivity index (χ1n) is 8.05. The van der Waals surface area contributed by atoms with Crippen LogP contribution in [0.25, 0.3) is 0 Å². The molecule has 0 heterocycles. The van der Waals surface area contributed by atoms with Crippen LogP contribution in [-0.2, 0) is 4.79 Å². The Morgan fingerprint density at radius 3 is 2.57 bits per heavy atom. The second kappa shape index (κ2) is 15.0. The lowest BCUT2D eigenvalue weighted by atomic mass is 10.1. The highest BCUT2D eigenvalue weighted by Gasteiger charge is 2.00. The minimum absolute atomic E-state index is 0.181. The Kier molecular flexibility index (Phi) is 14.1. The molecule has 0 aromatic carbocycles. The lowest BCUT2D eigenvalue weighted by Crippen LogP contribution is -2.02. The molecule has 0 fully saturated rings. The van der Waals surface area contributed by atoms with Gasteiger partial charge in [-0.25, -0.2) is 0 Å². The highest BCUT2D eigenvalue weighted by molar-refractivity contribution is 5.66. The summed E-state index contributed by atoms with van der Waals surface area (Å²) < 4.78 is 0. The van der Waals surface area contributed by atoms with E-state index in [-0.39, 0.29) is 6.42 Å². The topological polar surface area (TPSA) is 57.5 Å². The van der Waals surface area contributed by atoms with E-state index < -0.39 is 12.1 Å². The molecule has 0 aliphatic heterocycles. The molecule has 0 rings (SSSR count). The highest BCUT2D eigenvalue weighted by Crippen LogP contribution is 2.05. The predicted octanol–water partition coefficient (Wildman–Crippen LogP) is 4.63. The molecule has 0 bridgehead atoms. The van der Waals surface area contributed by atoms with E-state index in [4.69, 9.17) is 5.11 Å². The highest BCUT2D eigenvalue weighted by atomic mass is 16.4. The largest absolute Gasteiger partial charge is 0.481 e. The molecule has 0 radical (unpaired) electrons. The maximum Gasteiger partial charge on any atom is 0.303 e. The number of carboxylic acid groups (broad SMARTS) is 1. The first-order valence-corrected chi connectivity index (χ1v) is 8.05.